The highest BCUT2D eigenvalue weighted by Crippen LogP contribution is 2.21. The first-order valence-electron chi connectivity index (χ1n) is 5.03. The smallest absolute Gasteiger partial charge is 0.249 e. The van der Waals surface area contributed by atoms with Gasteiger partial charge in [0, 0.05) is 28.4 Å². The largest absolute Gasteiger partial charge is 0.472 e. The Morgan fingerprint density at radius 3 is 2.89 bits per heavy atom. The van der Waals surface area contributed by atoms with Gasteiger partial charge in [-0.15, -0.1) is 5.10 Å². The second kappa shape index (κ2) is 5.32. The maximum atomic E-state index is 11.3. The summed E-state index contributed by atoms with van der Waals surface area (Å²) >= 11 is 10.0. The average Bonchev–Trinajstić information content (AvgIpc) is 2.73. The fourth-order valence-corrected chi connectivity index (χ4v) is 1.84. The van der Waals surface area contributed by atoms with E-state index in [1.165, 1.54) is 4.09 Å². The number of aromatic nitrogens is 2. The number of hydrogen-bond donors (Lipinski definition) is 2. The molecule has 0 aliphatic heterocycles. The Hall–Kier alpha value is -1.66. The molecule has 0 saturated carbocycles. The molecule has 5 nitrogen and oxygen atoms in total. The first-order chi connectivity index (χ1) is 8.58. The zero-order valence-electron chi connectivity index (χ0n) is 9.21. The molecule has 0 atom stereocenters. The lowest BCUT2D eigenvalue weighted by Crippen LogP contribution is -2.15. The average molecular weight is 284 g/mol. The molecule has 94 valence electrons. The number of rotatable bonds is 4. The first kappa shape index (κ1) is 12.8. The van der Waals surface area contributed by atoms with Crippen LogP contribution in [-0.2, 0) is 6.61 Å². The van der Waals surface area contributed by atoms with Crippen LogP contribution in [0.25, 0.3) is 0 Å². The molecule has 0 aliphatic carbocycles. The van der Waals surface area contributed by atoms with Gasteiger partial charge in [0.2, 0.25) is 11.8 Å². The predicted octanol–water partition coefficient (Wildman–Crippen LogP) is 1.91. The first-order valence-corrected chi connectivity index (χ1v) is 5.80. The highest BCUT2D eigenvalue weighted by molar-refractivity contribution is 7.78. The summed E-state index contributed by atoms with van der Waals surface area (Å²) in [7, 11) is 0. The van der Waals surface area contributed by atoms with Gasteiger partial charge in [0.05, 0.1) is 0 Å². The van der Waals surface area contributed by atoms with E-state index in [2.05, 4.69) is 17.9 Å². The molecular weight excluding hydrogens is 274 g/mol. The molecular formula is C11H10ClN3O2S. The van der Waals surface area contributed by atoms with Crippen molar-refractivity contribution in [3.63, 3.8) is 0 Å². The highest BCUT2D eigenvalue weighted by Gasteiger charge is 2.12. The summed E-state index contributed by atoms with van der Waals surface area (Å²) in [4.78, 5) is 11.3. The van der Waals surface area contributed by atoms with Crippen LogP contribution in [0.5, 0.6) is 5.88 Å². The number of primary amides is 1. The Morgan fingerprint density at radius 2 is 2.28 bits per heavy atom. The quantitative estimate of drug-likeness (QED) is 0.842. The van der Waals surface area contributed by atoms with E-state index >= 15 is 0 Å². The molecule has 0 fully saturated rings. The van der Waals surface area contributed by atoms with Crippen molar-refractivity contribution in [3.8, 4) is 5.88 Å². The van der Waals surface area contributed by atoms with E-state index in [0.717, 1.165) is 0 Å². The fourth-order valence-electron chi connectivity index (χ4n) is 1.46. The summed E-state index contributed by atoms with van der Waals surface area (Å²) in [6, 6.07) is 6.58. The van der Waals surface area contributed by atoms with Gasteiger partial charge in [-0.2, -0.15) is 0 Å². The number of thiol groups is 1. The minimum atomic E-state index is -0.546. The number of carbonyl (C=O) groups excluding carboxylic acids is 1. The third-order valence-corrected chi connectivity index (χ3v) is 2.88. The van der Waals surface area contributed by atoms with E-state index in [0.29, 0.717) is 22.0 Å². The Balaban J connectivity index is 2.20. The summed E-state index contributed by atoms with van der Waals surface area (Å²) in [6.07, 6.45) is 1.63. The molecule has 0 spiro atoms. The zero-order valence-corrected chi connectivity index (χ0v) is 10.9. The number of ether oxygens (including phenoxy) is 1. The summed E-state index contributed by atoms with van der Waals surface area (Å²) in [5.41, 5.74) is 6.15. The Labute approximate surface area is 114 Å². The van der Waals surface area contributed by atoms with Crippen LogP contribution in [0.2, 0.25) is 5.02 Å². The Morgan fingerprint density at radius 1 is 1.50 bits per heavy atom. The van der Waals surface area contributed by atoms with Crippen molar-refractivity contribution >= 4 is 30.3 Å². The summed E-state index contributed by atoms with van der Waals surface area (Å²) in [6.45, 7) is 0.114. The van der Waals surface area contributed by atoms with Crippen molar-refractivity contribution < 1.29 is 9.53 Å². The molecule has 1 heterocycles. The number of nitrogens with zero attached hydrogens (tertiary/aromatic N) is 2. The molecule has 2 rings (SSSR count). The van der Waals surface area contributed by atoms with Crippen LogP contribution in [0.4, 0.5) is 0 Å². The number of carbonyl (C=O) groups is 1. The second-order valence-corrected chi connectivity index (χ2v) is 4.31. The number of nitrogens with two attached hydrogens (primary N) is 1. The van der Waals surface area contributed by atoms with Gasteiger partial charge in [-0.3, -0.25) is 4.79 Å². The molecule has 0 radical (unpaired) electrons. The van der Waals surface area contributed by atoms with Gasteiger partial charge in [-0.05, 0) is 24.9 Å². The molecule has 2 aromatic rings. The van der Waals surface area contributed by atoms with Gasteiger partial charge < -0.3 is 10.5 Å². The molecule has 0 unspecified atom stereocenters. The van der Waals surface area contributed by atoms with Crippen LogP contribution >= 0.6 is 24.4 Å². The fraction of sp³-hybridized carbons (Fsp3) is 0.0909. The summed E-state index contributed by atoms with van der Waals surface area (Å²) < 4.78 is 6.73. The Kier molecular flexibility index (Phi) is 3.78. The van der Waals surface area contributed by atoms with Crippen LogP contribution in [0.1, 0.15) is 15.9 Å². The standard InChI is InChI=1S/C11H10ClN3O2S/c12-9-3-1-2-7(11(13)16)8(9)6-17-10-4-5-15(18)14-10/h1-5,18H,6H2,(H2,13,16). The molecule has 0 aliphatic rings. The van der Waals surface area contributed by atoms with Crippen molar-refractivity contribution in [2.45, 2.75) is 6.61 Å². The van der Waals surface area contributed by atoms with Crippen LogP contribution in [-0.4, -0.2) is 15.1 Å². The third kappa shape index (κ3) is 2.77. The van der Waals surface area contributed by atoms with Crippen LogP contribution in [0.15, 0.2) is 30.5 Å². The molecule has 1 aromatic carbocycles. The van der Waals surface area contributed by atoms with E-state index < -0.39 is 5.91 Å². The Bertz CT molecular complexity index is 585. The van der Waals surface area contributed by atoms with Gasteiger partial charge in [-0.1, -0.05) is 17.7 Å². The zero-order chi connectivity index (χ0) is 13.1. The minimum absolute atomic E-state index is 0.114. The van der Waals surface area contributed by atoms with E-state index in [9.17, 15) is 4.79 Å². The maximum absolute atomic E-state index is 11.3. The van der Waals surface area contributed by atoms with Crippen molar-refractivity contribution in [3.05, 3.63) is 46.6 Å². The summed E-state index contributed by atoms with van der Waals surface area (Å²) in [5.74, 6) is -0.156. The van der Waals surface area contributed by atoms with Gasteiger partial charge in [0.25, 0.3) is 0 Å². The van der Waals surface area contributed by atoms with E-state index in [1.807, 2.05) is 0 Å². The van der Waals surface area contributed by atoms with Gasteiger partial charge in [-0.25, -0.2) is 4.09 Å². The van der Waals surface area contributed by atoms with E-state index in [4.69, 9.17) is 22.1 Å². The van der Waals surface area contributed by atoms with Crippen molar-refractivity contribution in [1.29, 1.82) is 0 Å². The maximum Gasteiger partial charge on any atom is 0.249 e. The molecule has 0 saturated heterocycles. The lowest BCUT2D eigenvalue weighted by Gasteiger charge is -2.09. The number of hydrogen-bond acceptors (Lipinski definition) is 4. The van der Waals surface area contributed by atoms with Gasteiger partial charge >= 0.3 is 0 Å². The molecule has 1 aromatic heterocycles. The summed E-state index contributed by atoms with van der Waals surface area (Å²) in [5, 5.41) is 4.36. The number of halogens is 1. The molecule has 2 N–H and O–H groups in total. The second-order valence-electron chi connectivity index (χ2n) is 3.49. The van der Waals surface area contributed by atoms with Crippen LogP contribution in [0, 0.1) is 0 Å². The lowest BCUT2D eigenvalue weighted by molar-refractivity contribution is 0.0997. The number of amides is 1. The highest BCUT2D eigenvalue weighted by atomic mass is 35.5. The lowest BCUT2D eigenvalue weighted by atomic mass is 10.1. The van der Waals surface area contributed by atoms with Crippen LogP contribution in [0.3, 0.4) is 0 Å². The van der Waals surface area contributed by atoms with Crippen molar-refractivity contribution in [2.24, 2.45) is 5.73 Å². The van der Waals surface area contributed by atoms with E-state index in [1.54, 1.807) is 30.5 Å². The molecule has 7 heteroatoms. The minimum Gasteiger partial charge on any atom is -0.472 e. The SMILES string of the molecule is NC(=O)c1cccc(Cl)c1COc1ccn(S)n1. The van der Waals surface area contributed by atoms with Gasteiger partial charge in [0.1, 0.15) is 6.61 Å². The predicted molar refractivity (Wildman–Crippen MR) is 70.9 cm³/mol. The van der Waals surface area contributed by atoms with Crippen molar-refractivity contribution in [1.82, 2.24) is 9.19 Å². The van der Waals surface area contributed by atoms with Crippen LogP contribution < -0.4 is 10.5 Å². The molecule has 1 amide bonds. The molecule has 0 bridgehead atoms. The topological polar surface area (TPSA) is 70.1 Å². The normalized spacial score (nSPS) is 10.3. The van der Waals surface area contributed by atoms with Crippen molar-refractivity contribution in [2.75, 3.05) is 0 Å². The van der Waals surface area contributed by atoms with Gasteiger partial charge in [0.15, 0.2) is 0 Å². The third-order valence-electron chi connectivity index (χ3n) is 2.30. The van der Waals surface area contributed by atoms with E-state index in [-0.39, 0.29) is 6.61 Å². The monoisotopic (exact) mass is 283 g/mol. The number of benzene rings is 1. The molecule has 18 heavy (non-hydrogen) atoms.